The molecule has 1 aliphatic carbocycles. The van der Waals surface area contributed by atoms with Crippen LogP contribution in [0.2, 0.25) is 0 Å². The predicted octanol–water partition coefficient (Wildman–Crippen LogP) is 1.72. The summed E-state index contributed by atoms with van der Waals surface area (Å²) in [4.78, 5) is 10.8. The molecule has 0 heterocycles. The van der Waals surface area contributed by atoms with E-state index in [-0.39, 0.29) is 5.97 Å². The van der Waals surface area contributed by atoms with Gasteiger partial charge in [0.25, 0.3) is 0 Å². The Morgan fingerprint density at radius 3 is 2.86 bits per heavy atom. The monoisotopic (exact) mass is 199 g/mol. The number of hydrogen-bond acceptors (Lipinski definition) is 3. The number of hydrogen-bond donors (Lipinski definition) is 1. The van der Waals surface area contributed by atoms with Crippen molar-refractivity contribution in [3.8, 4) is 0 Å². The molecule has 3 heteroatoms. The van der Waals surface area contributed by atoms with E-state index < -0.39 is 0 Å². The average Bonchev–Trinajstić information content (AvgIpc) is 2.58. The van der Waals surface area contributed by atoms with Crippen LogP contribution < -0.4 is 5.32 Å². The molecule has 2 atom stereocenters. The van der Waals surface area contributed by atoms with Crippen molar-refractivity contribution in [2.24, 2.45) is 5.92 Å². The van der Waals surface area contributed by atoms with Crippen molar-refractivity contribution in [2.45, 2.75) is 45.1 Å². The van der Waals surface area contributed by atoms with E-state index in [1.54, 1.807) is 0 Å². The van der Waals surface area contributed by atoms with Crippen LogP contribution >= 0.6 is 0 Å². The zero-order chi connectivity index (χ0) is 10.4. The maximum Gasteiger partial charge on any atom is 0.305 e. The predicted molar refractivity (Wildman–Crippen MR) is 56.1 cm³/mol. The summed E-state index contributed by atoms with van der Waals surface area (Å²) in [6.45, 7) is 3.23. The van der Waals surface area contributed by atoms with Crippen LogP contribution in [0, 0.1) is 5.92 Å². The van der Waals surface area contributed by atoms with Gasteiger partial charge in [0.1, 0.15) is 0 Å². The number of carbonyl (C=O) groups is 1. The maximum absolute atomic E-state index is 10.8. The third kappa shape index (κ3) is 3.66. The molecule has 14 heavy (non-hydrogen) atoms. The lowest BCUT2D eigenvalue weighted by Crippen LogP contribution is -2.32. The van der Waals surface area contributed by atoms with Crippen molar-refractivity contribution in [1.82, 2.24) is 5.32 Å². The number of esters is 1. The zero-order valence-corrected chi connectivity index (χ0v) is 9.21. The lowest BCUT2D eigenvalue weighted by atomic mass is 10.1. The molecule has 0 spiro atoms. The van der Waals surface area contributed by atoms with Gasteiger partial charge in [-0.2, -0.15) is 0 Å². The largest absolute Gasteiger partial charge is 0.469 e. The summed E-state index contributed by atoms with van der Waals surface area (Å²) in [6.07, 6.45) is 5.39. The fourth-order valence-corrected chi connectivity index (χ4v) is 2.07. The molecule has 0 amide bonds. The van der Waals surface area contributed by atoms with Gasteiger partial charge in [-0.15, -0.1) is 0 Å². The van der Waals surface area contributed by atoms with Crippen molar-refractivity contribution in [3.05, 3.63) is 0 Å². The minimum atomic E-state index is -0.105. The molecule has 0 radical (unpaired) electrons. The Balaban J connectivity index is 2.01. The van der Waals surface area contributed by atoms with Crippen LogP contribution in [0.25, 0.3) is 0 Å². The van der Waals surface area contributed by atoms with Crippen molar-refractivity contribution in [2.75, 3.05) is 13.7 Å². The molecular formula is C11H21NO2. The highest BCUT2D eigenvalue weighted by Gasteiger charge is 2.22. The van der Waals surface area contributed by atoms with Gasteiger partial charge in [0, 0.05) is 12.5 Å². The van der Waals surface area contributed by atoms with Gasteiger partial charge in [-0.25, -0.2) is 0 Å². The van der Waals surface area contributed by atoms with Crippen LogP contribution in [-0.2, 0) is 9.53 Å². The van der Waals surface area contributed by atoms with Crippen LogP contribution in [-0.4, -0.2) is 25.7 Å². The van der Waals surface area contributed by atoms with E-state index in [9.17, 15) is 4.79 Å². The maximum atomic E-state index is 10.8. The topological polar surface area (TPSA) is 38.3 Å². The Morgan fingerprint density at radius 2 is 2.29 bits per heavy atom. The Bertz CT molecular complexity index is 182. The van der Waals surface area contributed by atoms with E-state index in [4.69, 9.17) is 0 Å². The van der Waals surface area contributed by atoms with Crippen molar-refractivity contribution < 1.29 is 9.53 Å². The van der Waals surface area contributed by atoms with Gasteiger partial charge < -0.3 is 10.1 Å². The summed E-state index contributed by atoms with van der Waals surface area (Å²) in [5, 5.41) is 3.50. The zero-order valence-electron chi connectivity index (χ0n) is 9.21. The highest BCUT2D eigenvalue weighted by atomic mass is 16.5. The average molecular weight is 199 g/mol. The summed E-state index contributed by atoms with van der Waals surface area (Å²) in [7, 11) is 1.44. The van der Waals surface area contributed by atoms with E-state index in [1.807, 2.05) is 0 Å². The highest BCUT2D eigenvalue weighted by Crippen LogP contribution is 2.24. The molecule has 1 saturated carbocycles. The molecule has 1 rings (SSSR count). The second kappa shape index (κ2) is 6.02. The smallest absolute Gasteiger partial charge is 0.305 e. The first-order valence-corrected chi connectivity index (χ1v) is 5.54. The summed E-state index contributed by atoms with van der Waals surface area (Å²) < 4.78 is 4.58. The molecule has 3 nitrogen and oxygen atoms in total. The first kappa shape index (κ1) is 11.5. The summed E-state index contributed by atoms with van der Waals surface area (Å²) in [5.74, 6) is 0.694. The Kier molecular flexibility index (Phi) is 4.94. The summed E-state index contributed by atoms with van der Waals surface area (Å²) in [5.41, 5.74) is 0. The first-order valence-electron chi connectivity index (χ1n) is 5.54. The van der Waals surface area contributed by atoms with Crippen LogP contribution in [0.4, 0.5) is 0 Å². The van der Waals surface area contributed by atoms with E-state index in [2.05, 4.69) is 17.0 Å². The van der Waals surface area contributed by atoms with Gasteiger partial charge >= 0.3 is 5.97 Å². The second-order valence-electron chi connectivity index (χ2n) is 4.15. The normalized spacial score (nSPS) is 26.4. The van der Waals surface area contributed by atoms with Crippen LogP contribution in [0.3, 0.4) is 0 Å². The Hall–Kier alpha value is -0.570. The lowest BCUT2D eigenvalue weighted by Gasteiger charge is -2.16. The van der Waals surface area contributed by atoms with Gasteiger partial charge in [0.15, 0.2) is 0 Å². The Labute approximate surface area is 86.2 Å². The molecule has 0 bridgehead atoms. The fourth-order valence-electron chi connectivity index (χ4n) is 2.07. The van der Waals surface area contributed by atoms with Crippen LogP contribution in [0.15, 0.2) is 0 Å². The number of carbonyl (C=O) groups excluding carboxylic acids is 1. The SMILES string of the molecule is COC(=O)CCCNC1CCCC1C. The molecule has 82 valence electrons. The molecule has 0 aromatic rings. The molecule has 0 aromatic heterocycles. The standard InChI is InChI=1S/C11H21NO2/c1-9-5-3-6-10(9)12-8-4-7-11(13)14-2/h9-10,12H,3-8H2,1-2H3. The number of rotatable bonds is 5. The molecule has 0 saturated heterocycles. The van der Waals surface area contributed by atoms with E-state index in [0.29, 0.717) is 12.5 Å². The van der Waals surface area contributed by atoms with Crippen molar-refractivity contribution in [1.29, 1.82) is 0 Å². The van der Waals surface area contributed by atoms with Crippen LogP contribution in [0.1, 0.15) is 39.0 Å². The van der Waals surface area contributed by atoms with E-state index >= 15 is 0 Å². The highest BCUT2D eigenvalue weighted by molar-refractivity contribution is 5.69. The second-order valence-corrected chi connectivity index (χ2v) is 4.15. The molecule has 0 aliphatic heterocycles. The third-order valence-corrected chi connectivity index (χ3v) is 3.05. The van der Waals surface area contributed by atoms with Gasteiger partial charge in [0.2, 0.25) is 0 Å². The lowest BCUT2D eigenvalue weighted by molar-refractivity contribution is -0.140. The van der Waals surface area contributed by atoms with Gasteiger partial charge in [0.05, 0.1) is 7.11 Å². The molecule has 1 N–H and O–H groups in total. The molecule has 2 unspecified atom stereocenters. The number of ether oxygens (including phenoxy) is 1. The minimum Gasteiger partial charge on any atom is -0.469 e. The van der Waals surface area contributed by atoms with E-state index in [1.165, 1.54) is 26.4 Å². The van der Waals surface area contributed by atoms with Gasteiger partial charge in [-0.05, 0) is 31.7 Å². The summed E-state index contributed by atoms with van der Waals surface area (Å²) >= 11 is 0. The minimum absolute atomic E-state index is 0.105. The number of methoxy groups -OCH3 is 1. The molecule has 0 aromatic carbocycles. The quantitative estimate of drug-likeness (QED) is 0.541. The Morgan fingerprint density at radius 1 is 1.50 bits per heavy atom. The molecule has 1 aliphatic rings. The number of nitrogens with one attached hydrogen (secondary N) is 1. The molecular weight excluding hydrogens is 178 g/mol. The summed E-state index contributed by atoms with van der Waals surface area (Å²) in [6, 6.07) is 0.674. The van der Waals surface area contributed by atoms with Gasteiger partial charge in [-0.3, -0.25) is 4.79 Å². The van der Waals surface area contributed by atoms with Crippen molar-refractivity contribution >= 4 is 5.97 Å². The van der Waals surface area contributed by atoms with E-state index in [0.717, 1.165) is 18.9 Å². The van der Waals surface area contributed by atoms with Gasteiger partial charge in [-0.1, -0.05) is 13.3 Å². The third-order valence-electron chi connectivity index (χ3n) is 3.05. The molecule has 1 fully saturated rings. The first-order chi connectivity index (χ1) is 6.74. The fraction of sp³-hybridized carbons (Fsp3) is 0.909. The van der Waals surface area contributed by atoms with Crippen LogP contribution in [0.5, 0.6) is 0 Å². The van der Waals surface area contributed by atoms with Crippen molar-refractivity contribution in [3.63, 3.8) is 0 Å².